The van der Waals surface area contributed by atoms with Crippen LogP contribution in [0.3, 0.4) is 0 Å². The van der Waals surface area contributed by atoms with Crippen molar-refractivity contribution in [1.29, 1.82) is 0 Å². The van der Waals surface area contributed by atoms with Crippen LogP contribution in [0.15, 0.2) is 71.6 Å². The first-order valence-corrected chi connectivity index (χ1v) is 14.0. The highest BCUT2D eigenvalue weighted by Gasteiger charge is 2.18. The van der Waals surface area contributed by atoms with Gasteiger partial charge in [-0.05, 0) is 66.4 Å². The quantitative estimate of drug-likeness (QED) is 0.301. The molecule has 0 aromatic heterocycles. The van der Waals surface area contributed by atoms with Crippen molar-refractivity contribution in [2.24, 2.45) is 0 Å². The summed E-state index contributed by atoms with van der Waals surface area (Å²) in [5, 5.41) is 0.532. The number of benzene rings is 3. The van der Waals surface area contributed by atoms with Gasteiger partial charge in [0.25, 0.3) is 0 Å². The van der Waals surface area contributed by atoms with E-state index in [0.29, 0.717) is 35.9 Å². The lowest BCUT2D eigenvalue weighted by molar-refractivity contribution is -0.131. The van der Waals surface area contributed by atoms with Crippen LogP contribution in [0.1, 0.15) is 30.0 Å². The zero-order valence-corrected chi connectivity index (χ0v) is 22.7. The van der Waals surface area contributed by atoms with Gasteiger partial charge in [0.05, 0.1) is 24.5 Å². The number of sulfonamides is 1. The summed E-state index contributed by atoms with van der Waals surface area (Å²) in [7, 11) is -3.69. The molecule has 3 rings (SSSR count). The van der Waals surface area contributed by atoms with Crippen molar-refractivity contribution in [3.8, 4) is 18.1 Å². The topological polar surface area (TPSA) is 75.7 Å². The van der Waals surface area contributed by atoms with E-state index in [1.165, 1.54) is 24.3 Å². The highest BCUT2D eigenvalue weighted by Crippen LogP contribution is 2.25. The Morgan fingerprint density at radius 1 is 1.08 bits per heavy atom. The summed E-state index contributed by atoms with van der Waals surface area (Å²) in [6, 6.07) is 17.6. The van der Waals surface area contributed by atoms with Gasteiger partial charge in [0.2, 0.25) is 15.9 Å². The number of amides is 1. The van der Waals surface area contributed by atoms with Crippen molar-refractivity contribution in [2.75, 3.05) is 19.7 Å². The minimum absolute atomic E-state index is 0.0946. The minimum Gasteiger partial charge on any atom is -0.493 e. The fourth-order valence-electron chi connectivity index (χ4n) is 3.73. The number of nitrogens with one attached hydrogen (secondary N) is 1. The molecule has 0 aliphatic heterocycles. The van der Waals surface area contributed by atoms with Crippen molar-refractivity contribution in [1.82, 2.24) is 9.62 Å². The Kier molecular flexibility index (Phi) is 10.7. The van der Waals surface area contributed by atoms with E-state index in [2.05, 4.69) is 10.6 Å². The molecule has 38 heavy (non-hydrogen) atoms. The second-order valence-corrected chi connectivity index (χ2v) is 10.8. The average molecular weight is 557 g/mol. The Bertz CT molecular complexity index is 1370. The third-order valence-electron chi connectivity index (χ3n) is 5.74. The summed E-state index contributed by atoms with van der Waals surface area (Å²) in [6.07, 6.45) is 6.56. The van der Waals surface area contributed by atoms with Crippen molar-refractivity contribution in [2.45, 2.75) is 37.6 Å². The van der Waals surface area contributed by atoms with Gasteiger partial charge < -0.3 is 9.64 Å². The zero-order chi connectivity index (χ0) is 27.5. The normalized spacial score (nSPS) is 11.1. The Morgan fingerprint density at radius 3 is 2.42 bits per heavy atom. The molecule has 0 saturated heterocycles. The predicted octanol–water partition coefficient (Wildman–Crippen LogP) is 4.99. The lowest BCUT2D eigenvalue weighted by Gasteiger charge is -2.25. The van der Waals surface area contributed by atoms with Gasteiger partial charge in [0.1, 0.15) is 11.6 Å². The minimum atomic E-state index is -3.69. The van der Waals surface area contributed by atoms with Gasteiger partial charge >= 0.3 is 0 Å². The molecule has 0 radical (unpaired) electrons. The van der Waals surface area contributed by atoms with E-state index in [1.54, 1.807) is 47.4 Å². The van der Waals surface area contributed by atoms with Crippen LogP contribution >= 0.6 is 11.6 Å². The van der Waals surface area contributed by atoms with Crippen LogP contribution in [0, 0.1) is 18.2 Å². The largest absolute Gasteiger partial charge is 0.493 e. The van der Waals surface area contributed by atoms with Crippen molar-refractivity contribution in [3.05, 3.63) is 94.3 Å². The molecule has 0 spiro atoms. The lowest BCUT2D eigenvalue weighted by atomic mass is 10.1. The van der Waals surface area contributed by atoms with E-state index in [1.807, 2.05) is 6.92 Å². The number of carbonyl (C=O) groups excluding carboxylic acids is 1. The average Bonchev–Trinajstić information content (AvgIpc) is 2.91. The number of nitrogens with zero attached hydrogens (tertiary/aromatic N) is 1. The molecule has 9 heteroatoms. The van der Waals surface area contributed by atoms with E-state index in [0.717, 1.165) is 17.5 Å². The van der Waals surface area contributed by atoms with Crippen molar-refractivity contribution in [3.63, 3.8) is 0 Å². The molecule has 0 fully saturated rings. The van der Waals surface area contributed by atoms with Crippen LogP contribution in [0.5, 0.6) is 5.75 Å². The number of terminal acetylenes is 1. The van der Waals surface area contributed by atoms with Gasteiger partial charge in [-0.1, -0.05) is 48.7 Å². The zero-order valence-electron chi connectivity index (χ0n) is 21.1. The van der Waals surface area contributed by atoms with Crippen LogP contribution in [-0.4, -0.2) is 38.9 Å². The predicted molar refractivity (Wildman–Crippen MR) is 147 cm³/mol. The summed E-state index contributed by atoms with van der Waals surface area (Å²) in [5.41, 5.74) is 2.33. The van der Waals surface area contributed by atoms with E-state index < -0.39 is 10.0 Å². The first-order chi connectivity index (χ1) is 18.2. The molecule has 200 valence electrons. The molecule has 0 aliphatic carbocycles. The van der Waals surface area contributed by atoms with E-state index in [-0.39, 0.29) is 36.1 Å². The third kappa shape index (κ3) is 8.59. The van der Waals surface area contributed by atoms with Gasteiger partial charge in [-0.2, -0.15) is 4.72 Å². The molecule has 0 unspecified atom stereocenters. The maximum atomic E-state index is 13.4. The molecule has 3 aromatic rings. The first-order valence-electron chi connectivity index (χ1n) is 12.2. The summed E-state index contributed by atoms with van der Waals surface area (Å²) >= 11 is 6.26. The lowest BCUT2D eigenvalue weighted by Crippen LogP contribution is -2.34. The Morgan fingerprint density at radius 2 is 1.76 bits per heavy atom. The Hall–Kier alpha value is -3.38. The highest BCUT2D eigenvalue weighted by molar-refractivity contribution is 7.89. The van der Waals surface area contributed by atoms with Crippen molar-refractivity contribution >= 4 is 27.5 Å². The van der Waals surface area contributed by atoms with Crippen LogP contribution in [0.2, 0.25) is 5.02 Å². The second-order valence-electron chi connectivity index (χ2n) is 8.64. The van der Waals surface area contributed by atoms with Gasteiger partial charge in [-0.15, -0.1) is 6.42 Å². The highest BCUT2D eigenvalue weighted by atomic mass is 35.5. The molecule has 3 aromatic carbocycles. The second kappa shape index (κ2) is 14.0. The van der Waals surface area contributed by atoms with Crippen molar-refractivity contribution < 1.29 is 22.3 Å². The third-order valence-corrected chi connectivity index (χ3v) is 7.39. The monoisotopic (exact) mass is 556 g/mol. The number of carbonyl (C=O) groups is 1. The number of ether oxygens (including phenoxy) is 1. The number of hydrogen-bond donors (Lipinski definition) is 1. The number of rotatable bonds is 13. The molecule has 1 N–H and O–H groups in total. The van der Waals surface area contributed by atoms with Gasteiger partial charge in [-0.3, -0.25) is 4.79 Å². The van der Waals surface area contributed by atoms with Crippen LogP contribution in [0.4, 0.5) is 4.39 Å². The molecule has 0 saturated carbocycles. The smallest absolute Gasteiger partial charge is 0.241 e. The van der Waals surface area contributed by atoms with Crippen LogP contribution in [0.25, 0.3) is 0 Å². The molecule has 0 aliphatic rings. The molecule has 1 amide bonds. The maximum Gasteiger partial charge on any atom is 0.241 e. The summed E-state index contributed by atoms with van der Waals surface area (Å²) in [6.45, 7) is 3.07. The molecule has 0 heterocycles. The maximum absolute atomic E-state index is 13.4. The Balaban J connectivity index is 1.80. The van der Waals surface area contributed by atoms with Gasteiger partial charge in [-0.25, -0.2) is 12.8 Å². The van der Waals surface area contributed by atoms with E-state index in [9.17, 15) is 17.6 Å². The first kappa shape index (κ1) is 29.2. The summed E-state index contributed by atoms with van der Waals surface area (Å²) in [4.78, 5) is 15.2. The van der Waals surface area contributed by atoms with Crippen LogP contribution in [-0.2, 0) is 34.2 Å². The summed E-state index contributed by atoms with van der Waals surface area (Å²) < 4.78 is 46.1. The fraction of sp³-hybridized carbons (Fsp3) is 0.276. The molecule has 6 nitrogen and oxygen atoms in total. The molecular formula is C29H30ClFN2O4S. The summed E-state index contributed by atoms with van der Waals surface area (Å²) in [5.74, 6) is 2.39. The van der Waals surface area contributed by atoms with Gasteiger partial charge in [0.15, 0.2) is 0 Å². The van der Waals surface area contributed by atoms with E-state index in [4.69, 9.17) is 22.8 Å². The SMILES string of the molecule is C#CCNS(=O)(=O)c1ccc(CCN(Cc2cc(Cl)ccc2OCCC)C(=O)Cc2ccc(F)cc2)cc1. The number of hydrogen-bond acceptors (Lipinski definition) is 4. The molecule has 0 bridgehead atoms. The molecular weight excluding hydrogens is 527 g/mol. The standard InChI is InChI=1S/C29H30ClFN2O4S/c1-3-16-32-38(35,36)27-12-7-22(8-13-27)15-17-33(29(34)19-23-5-10-26(31)11-6-23)21-24-20-25(30)9-14-28(24)37-18-4-2/h1,5-14,20,32H,4,15-19,21H2,2H3. The van der Waals surface area contributed by atoms with Gasteiger partial charge in [0, 0.05) is 23.7 Å². The number of halogens is 2. The van der Waals surface area contributed by atoms with E-state index >= 15 is 0 Å². The Labute approximate surface area is 228 Å². The molecule has 0 atom stereocenters. The fourth-order valence-corrected chi connectivity index (χ4v) is 4.86. The van der Waals surface area contributed by atoms with Crippen LogP contribution < -0.4 is 9.46 Å².